The number of urea groups is 1. The molecule has 0 radical (unpaired) electrons. The monoisotopic (exact) mass is 552 g/mol. The number of carbonyl (C=O) groups is 3. The minimum absolute atomic E-state index is 0.0202. The van der Waals surface area contributed by atoms with Crippen molar-refractivity contribution in [3.05, 3.63) is 94.0 Å². The van der Waals surface area contributed by atoms with Crippen LogP contribution in [-0.4, -0.2) is 47.1 Å². The molecule has 10 nitrogen and oxygen atoms in total. The van der Waals surface area contributed by atoms with Gasteiger partial charge in [0, 0.05) is 5.69 Å². The summed E-state index contributed by atoms with van der Waals surface area (Å²) in [6.07, 6.45) is 0.168. The molecule has 3 atom stereocenters. The minimum Gasteiger partial charge on any atom is -0.480 e. The van der Waals surface area contributed by atoms with E-state index >= 15 is 0 Å². The fourth-order valence-electron chi connectivity index (χ4n) is 4.45. The highest BCUT2D eigenvalue weighted by molar-refractivity contribution is 6.34. The van der Waals surface area contributed by atoms with Crippen molar-refractivity contribution in [2.45, 2.75) is 38.3 Å². The number of fused-ring (bicyclic) bond motifs is 1. The quantitative estimate of drug-likeness (QED) is 0.210. The molecule has 3 aromatic rings. The first-order valence-corrected chi connectivity index (χ1v) is 12.7. The van der Waals surface area contributed by atoms with E-state index in [2.05, 4.69) is 21.3 Å². The lowest BCUT2D eigenvalue weighted by Gasteiger charge is -2.21. The van der Waals surface area contributed by atoms with Gasteiger partial charge in [0.15, 0.2) is 0 Å². The van der Waals surface area contributed by atoms with E-state index in [-0.39, 0.29) is 23.2 Å². The standard InChI is InChI=1S/C28H29ClN4O6/c1-16-21(33-28(38)39-18-8-3-2-4-9-18)14-12-20(29)24(16)25(34)31-23(26(35)36)15-30-27(37)32-22-13-11-17-7-5-6-10-19(17)22/h2-10,12,14,22-23,28,33,38H,11,13,15H2,1H3,(H,31,34)(H,35,36)(H2,30,32,37)/t22-,23+,28?/m1/s1. The number of carbonyl (C=O) groups excluding carboxylic acids is 2. The molecule has 204 valence electrons. The number of aliphatic carboxylic acids is 1. The Bertz CT molecular complexity index is 1350. The zero-order valence-electron chi connectivity index (χ0n) is 21.1. The van der Waals surface area contributed by atoms with E-state index in [9.17, 15) is 24.6 Å². The van der Waals surface area contributed by atoms with Crippen molar-refractivity contribution in [1.29, 1.82) is 0 Å². The van der Waals surface area contributed by atoms with Gasteiger partial charge < -0.3 is 36.2 Å². The van der Waals surface area contributed by atoms with Crippen LogP contribution in [0.1, 0.15) is 39.5 Å². The van der Waals surface area contributed by atoms with Crippen LogP contribution in [0.25, 0.3) is 0 Å². The Morgan fingerprint density at radius 1 is 1.05 bits per heavy atom. The molecule has 0 aliphatic heterocycles. The summed E-state index contributed by atoms with van der Waals surface area (Å²) in [4.78, 5) is 37.4. The number of ether oxygens (including phenoxy) is 1. The van der Waals surface area contributed by atoms with Crippen LogP contribution in [0.3, 0.4) is 0 Å². The zero-order chi connectivity index (χ0) is 27.9. The number of aliphatic hydroxyl groups excluding tert-OH is 1. The molecule has 4 rings (SSSR count). The van der Waals surface area contributed by atoms with E-state index in [4.69, 9.17) is 16.3 Å². The zero-order valence-corrected chi connectivity index (χ0v) is 21.9. The molecule has 0 fully saturated rings. The third-order valence-corrected chi connectivity index (χ3v) is 6.73. The third-order valence-electron chi connectivity index (χ3n) is 6.42. The summed E-state index contributed by atoms with van der Waals surface area (Å²) in [6.45, 7) is 1.25. The number of benzene rings is 3. The average Bonchev–Trinajstić information content (AvgIpc) is 3.31. The van der Waals surface area contributed by atoms with Crippen LogP contribution in [-0.2, 0) is 11.2 Å². The van der Waals surface area contributed by atoms with Crippen molar-refractivity contribution < 1.29 is 29.3 Å². The molecular weight excluding hydrogens is 524 g/mol. The van der Waals surface area contributed by atoms with Crippen LogP contribution in [0, 0.1) is 6.92 Å². The summed E-state index contributed by atoms with van der Waals surface area (Å²) < 4.78 is 5.41. The van der Waals surface area contributed by atoms with Gasteiger partial charge in [0.1, 0.15) is 11.8 Å². The van der Waals surface area contributed by atoms with Crippen molar-refractivity contribution in [2.75, 3.05) is 11.9 Å². The number of carboxylic acid groups (broad SMARTS) is 1. The number of carboxylic acids is 1. The number of anilines is 1. The minimum atomic E-state index is -1.43. The van der Waals surface area contributed by atoms with E-state index in [1.807, 2.05) is 30.3 Å². The highest BCUT2D eigenvalue weighted by Crippen LogP contribution is 2.30. The fourth-order valence-corrected chi connectivity index (χ4v) is 4.74. The van der Waals surface area contributed by atoms with Gasteiger partial charge in [-0.15, -0.1) is 0 Å². The van der Waals surface area contributed by atoms with Gasteiger partial charge >= 0.3 is 12.0 Å². The first-order valence-electron chi connectivity index (χ1n) is 12.3. The molecule has 1 aliphatic carbocycles. The van der Waals surface area contributed by atoms with Crippen molar-refractivity contribution in [2.24, 2.45) is 0 Å². The van der Waals surface area contributed by atoms with Crippen LogP contribution in [0.5, 0.6) is 5.75 Å². The Morgan fingerprint density at radius 3 is 2.51 bits per heavy atom. The van der Waals surface area contributed by atoms with Crippen LogP contribution >= 0.6 is 11.6 Å². The van der Waals surface area contributed by atoms with Crippen molar-refractivity contribution in [3.8, 4) is 5.75 Å². The summed E-state index contributed by atoms with van der Waals surface area (Å²) in [7, 11) is 0. The molecule has 0 saturated heterocycles. The summed E-state index contributed by atoms with van der Waals surface area (Å²) in [6, 6.07) is 17.4. The molecule has 0 aromatic heterocycles. The van der Waals surface area contributed by atoms with Gasteiger partial charge in [-0.25, -0.2) is 9.59 Å². The molecule has 11 heteroatoms. The number of hydrogen-bond acceptors (Lipinski definition) is 6. The van der Waals surface area contributed by atoms with E-state index in [0.717, 1.165) is 18.4 Å². The average molecular weight is 553 g/mol. The number of rotatable bonds is 10. The summed E-state index contributed by atoms with van der Waals surface area (Å²) in [5.74, 6) is -1.65. The van der Waals surface area contributed by atoms with Crippen molar-refractivity contribution in [3.63, 3.8) is 0 Å². The molecule has 1 unspecified atom stereocenters. The molecule has 0 saturated carbocycles. The van der Waals surface area contributed by atoms with Gasteiger partial charge in [0.25, 0.3) is 12.3 Å². The van der Waals surface area contributed by atoms with Crippen molar-refractivity contribution >= 4 is 35.2 Å². The van der Waals surface area contributed by atoms with Gasteiger partial charge in [-0.2, -0.15) is 0 Å². The molecule has 3 amide bonds. The maximum atomic E-state index is 13.1. The second kappa shape index (κ2) is 12.5. The molecule has 1 aliphatic rings. The van der Waals surface area contributed by atoms with Crippen LogP contribution < -0.4 is 26.0 Å². The predicted octanol–water partition coefficient (Wildman–Crippen LogP) is 3.58. The van der Waals surface area contributed by atoms with Crippen molar-refractivity contribution in [1.82, 2.24) is 16.0 Å². The molecule has 0 spiro atoms. The largest absolute Gasteiger partial charge is 0.480 e. The maximum Gasteiger partial charge on any atom is 0.328 e. The summed E-state index contributed by atoms with van der Waals surface area (Å²) >= 11 is 6.28. The Labute approximate surface area is 230 Å². The third kappa shape index (κ3) is 6.98. The van der Waals surface area contributed by atoms with Gasteiger partial charge in [-0.1, -0.05) is 54.1 Å². The van der Waals surface area contributed by atoms with E-state index in [1.54, 1.807) is 37.3 Å². The van der Waals surface area contributed by atoms with Crippen LogP contribution in [0.15, 0.2) is 66.7 Å². The smallest absolute Gasteiger partial charge is 0.328 e. The number of halogens is 1. The predicted molar refractivity (Wildman–Crippen MR) is 146 cm³/mol. The van der Waals surface area contributed by atoms with Crippen LogP contribution in [0.2, 0.25) is 5.02 Å². The Balaban J connectivity index is 1.37. The molecule has 0 bridgehead atoms. The van der Waals surface area contributed by atoms with Crippen LogP contribution in [0.4, 0.5) is 10.5 Å². The van der Waals surface area contributed by atoms with E-state index < -0.39 is 30.4 Å². The Morgan fingerprint density at radius 2 is 1.77 bits per heavy atom. The van der Waals surface area contributed by atoms with Gasteiger partial charge in [0.05, 0.1) is 23.2 Å². The highest BCUT2D eigenvalue weighted by Gasteiger charge is 2.27. The molecule has 0 heterocycles. The maximum absolute atomic E-state index is 13.1. The Hall–Kier alpha value is -4.28. The Kier molecular flexibility index (Phi) is 8.90. The second-order valence-electron chi connectivity index (χ2n) is 9.03. The number of aryl methyl sites for hydroxylation is 1. The molecule has 3 aromatic carbocycles. The SMILES string of the molecule is Cc1c(NC(O)Oc2ccccc2)ccc(Cl)c1C(=O)N[C@@H](CNC(=O)N[C@@H]1CCc2ccccc21)C(=O)O. The fraction of sp³-hybridized carbons (Fsp3) is 0.250. The molecular formula is C28H29ClN4O6. The number of hydrogen-bond donors (Lipinski definition) is 6. The topological polar surface area (TPSA) is 149 Å². The lowest BCUT2D eigenvalue weighted by Crippen LogP contribution is -2.50. The van der Waals surface area contributed by atoms with E-state index in [0.29, 0.717) is 17.0 Å². The van der Waals surface area contributed by atoms with Gasteiger partial charge in [-0.3, -0.25) is 4.79 Å². The lowest BCUT2D eigenvalue weighted by atomic mass is 10.1. The summed E-state index contributed by atoms with van der Waals surface area (Å²) in [5.41, 5.74) is 2.95. The second-order valence-corrected chi connectivity index (χ2v) is 9.44. The number of para-hydroxylation sites is 1. The number of amides is 3. The molecule has 6 N–H and O–H groups in total. The molecule has 39 heavy (non-hydrogen) atoms. The van der Waals surface area contributed by atoms with Gasteiger partial charge in [-0.05, 0) is 60.7 Å². The first-order chi connectivity index (χ1) is 18.7. The van der Waals surface area contributed by atoms with E-state index in [1.165, 1.54) is 11.6 Å². The first kappa shape index (κ1) is 27.7. The number of nitrogens with one attached hydrogen (secondary N) is 4. The van der Waals surface area contributed by atoms with Gasteiger partial charge in [0.2, 0.25) is 0 Å². The highest BCUT2D eigenvalue weighted by atomic mass is 35.5. The summed E-state index contributed by atoms with van der Waals surface area (Å²) in [5, 5.41) is 30.6. The normalized spacial score (nSPS) is 15.4. The number of aliphatic hydroxyl groups is 1. The lowest BCUT2D eigenvalue weighted by molar-refractivity contribution is -0.139.